The first-order valence-corrected chi connectivity index (χ1v) is 7.76. The molecule has 0 saturated carbocycles. The Morgan fingerprint density at radius 1 is 1.00 bits per heavy atom. The lowest BCUT2D eigenvalue weighted by Crippen LogP contribution is -2.10. The van der Waals surface area contributed by atoms with Crippen LogP contribution in [-0.2, 0) is 6.42 Å². The smallest absolute Gasteiger partial charge is 0.0294 e. The fourth-order valence-electron chi connectivity index (χ4n) is 3.18. The van der Waals surface area contributed by atoms with Crippen LogP contribution < -0.4 is 5.73 Å². The van der Waals surface area contributed by atoms with Crippen LogP contribution in [0, 0.1) is 0 Å². The predicted molar refractivity (Wildman–Crippen MR) is 93.0 cm³/mol. The van der Waals surface area contributed by atoms with Gasteiger partial charge in [0.05, 0.1) is 0 Å². The van der Waals surface area contributed by atoms with Crippen molar-refractivity contribution in [2.45, 2.75) is 45.1 Å². The second-order valence-corrected chi connectivity index (χ2v) is 5.85. The maximum absolute atomic E-state index is 6.33. The van der Waals surface area contributed by atoms with E-state index in [1.54, 1.807) is 0 Å². The molecule has 2 aromatic carbocycles. The quantitative estimate of drug-likeness (QED) is 0.639. The van der Waals surface area contributed by atoms with Gasteiger partial charge in [-0.15, -0.1) is 12.4 Å². The summed E-state index contributed by atoms with van der Waals surface area (Å²) in [5.41, 5.74) is 13.3. The third kappa shape index (κ3) is 3.30. The van der Waals surface area contributed by atoms with Crippen LogP contribution in [0.2, 0.25) is 0 Å². The number of benzene rings is 2. The van der Waals surface area contributed by atoms with Crippen molar-refractivity contribution in [3.8, 4) is 11.1 Å². The van der Waals surface area contributed by atoms with Crippen LogP contribution in [0.5, 0.6) is 0 Å². The Bertz CT molecular complexity index is 606. The maximum Gasteiger partial charge on any atom is 0.0294 e. The van der Waals surface area contributed by atoms with Gasteiger partial charge < -0.3 is 5.73 Å². The van der Waals surface area contributed by atoms with Crippen molar-refractivity contribution in [3.63, 3.8) is 0 Å². The second-order valence-electron chi connectivity index (χ2n) is 5.85. The minimum absolute atomic E-state index is 0. The van der Waals surface area contributed by atoms with Crippen LogP contribution in [0.4, 0.5) is 0 Å². The molecule has 2 aromatic rings. The largest absolute Gasteiger partial charge is 0.324 e. The second kappa shape index (κ2) is 7.11. The zero-order valence-corrected chi connectivity index (χ0v) is 13.5. The molecular weight excluding hydrogens is 278 g/mol. The Labute approximate surface area is 134 Å². The van der Waals surface area contributed by atoms with Crippen LogP contribution in [-0.4, -0.2) is 0 Å². The highest BCUT2D eigenvalue weighted by Crippen LogP contribution is 2.37. The molecule has 1 atom stereocenters. The fraction of sp³-hybridized carbons (Fsp3) is 0.368. The van der Waals surface area contributed by atoms with Gasteiger partial charge in [0, 0.05) is 6.04 Å². The molecule has 0 bridgehead atoms. The van der Waals surface area contributed by atoms with E-state index < -0.39 is 0 Å². The minimum atomic E-state index is 0. The van der Waals surface area contributed by atoms with Gasteiger partial charge in [0.15, 0.2) is 0 Å². The van der Waals surface area contributed by atoms with Crippen LogP contribution in [0.25, 0.3) is 11.1 Å². The summed E-state index contributed by atoms with van der Waals surface area (Å²) in [4.78, 5) is 0. The third-order valence-electron chi connectivity index (χ3n) is 4.36. The monoisotopic (exact) mass is 301 g/mol. The van der Waals surface area contributed by atoms with Gasteiger partial charge in [-0.05, 0) is 40.7 Å². The number of halogens is 1. The van der Waals surface area contributed by atoms with Crippen molar-refractivity contribution >= 4 is 12.4 Å². The summed E-state index contributed by atoms with van der Waals surface area (Å²) in [5.74, 6) is 0. The molecule has 0 fully saturated rings. The Kier molecular flexibility index (Phi) is 5.44. The lowest BCUT2D eigenvalue weighted by molar-refractivity contribution is 0.581. The topological polar surface area (TPSA) is 26.0 Å². The highest BCUT2D eigenvalue weighted by atomic mass is 35.5. The van der Waals surface area contributed by atoms with Gasteiger partial charge >= 0.3 is 0 Å². The Morgan fingerprint density at radius 2 is 1.76 bits per heavy atom. The molecule has 0 heterocycles. The zero-order valence-electron chi connectivity index (χ0n) is 12.6. The van der Waals surface area contributed by atoms with Crippen molar-refractivity contribution in [2.24, 2.45) is 5.73 Å². The Hall–Kier alpha value is -1.31. The molecule has 1 nitrogen and oxygen atoms in total. The van der Waals surface area contributed by atoms with E-state index in [9.17, 15) is 0 Å². The number of rotatable bonds is 5. The van der Waals surface area contributed by atoms with E-state index in [1.165, 1.54) is 47.1 Å². The lowest BCUT2D eigenvalue weighted by atomic mass is 9.97. The Balaban J connectivity index is 0.00000161. The number of nitrogens with two attached hydrogens (primary N) is 1. The van der Waals surface area contributed by atoms with E-state index in [0.29, 0.717) is 0 Å². The summed E-state index contributed by atoms with van der Waals surface area (Å²) in [7, 11) is 0. The molecule has 0 radical (unpaired) electrons. The van der Waals surface area contributed by atoms with Gasteiger partial charge in [0.2, 0.25) is 0 Å². The lowest BCUT2D eigenvalue weighted by Gasteiger charge is -2.13. The van der Waals surface area contributed by atoms with Gasteiger partial charge in [0.1, 0.15) is 0 Å². The SMILES string of the molecule is CCCCC[C@@H](N)c1ccc2c(c1)Cc1ccccc1-2.Cl. The van der Waals surface area contributed by atoms with E-state index >= 15 is 0 Å². The average Bonchev–Trinajstić information content (AvgIpc) is 2.85. The average molecular weight is 302 g/mol. The molecule has 0 aromatic heterocycles. The van der Waals surface area contributed by atoms with Crippen molar-refractivity contribution in [1.82, 2.24) is 0 Å². The molecule has 21 heavy (non-hydrogen) atoms. The van der Waals surface area contributed by atoms with Gasteiger partial charge in [-0.25, -0.2) is 0 Å². The highest BCUT2D eigenvalue weighted by molar-refractivity contribution is 5.85. The summed E-state index contributed by atoms with van der Waals surface area (Å²) in [5, 5.41) is 0. The first kappa shape index (κ1) is 16.1. The zero-order chi connectivity index (χ0) is 13.9. The molecule has 1 aliphatic rings. The molecule has 0 aliphatic heterocycles. The molecule has 0 unspecified atom stereocenters. The third-order valence-corrected chi connectivity index (χ3v) is 4.36. The predicted octanol–water partition coefficient (Wildman–Crippen LogP) is 5.26. The van der Waals surface area contributed by atoms with E-state index in [1.807, 2.05) is 0 Å². The van der Waals surface area contributed by atoms with Crippen LogP contribution in [0.1, 0.15) is 55.3 Å². The number of hydrogen-bond donors (Lipinski definition) is 1. The van der Waals surface area contributed by atoms with Crippen molar-refractivity contribution in [1.29, 1.82) is 0 Å². The summed E-state index contributed by atoms with van der Waals surface area (Å²) in [6.45, 7) is 2.23. The minimum Gasteiger partial charge on any atom is -0.324 e. The molecule has 0 amide bonds. The van der Waals surface area contributed by atoms with Crippen LogP contribution in [0.15, 0.2) is 42.5 Å². The summed E-state index contributed by atoms with van der Waals surface area (Å²) in [6, 6.07) is 15.7. The van der Waals surface area contributed by atoms with Crippen molar-refractivity contribution < 1.29 is 0 Å². The van der Waals surface area contributed by atoms with Gasteiger partial charge in [0.25, 0.3) is 0 Å². The van der Waals surface area contributed by atoms with Gasteiger partial charge in [-0.1, -0.05) is 68.7 Å². The van der Waals surface area contributed by atoms with E-state index in [0.717, 1.165) is 12.8 Å². The Morgan fingerprint density at radius 3 is 2.57 bits per heavy atom. The van der Waals surface area contributed by atoms with Gasteiger partial charge in [-0.2, -0.15) is 0 Å². The van der Waals surface area contributed by atoms with Crippen molar-refractivity contribution in [2.75, 3.05) is 0 Å². The summed E-state index contributed by atoms with van der Waals surface area (Å²) >= 11 is 0. The van der Waals surface area contributed by atoms with Gasteiger partial charge in [-0.3, -0.25) is 0 Å². The van der Waals surface area contributed by atoms with E-state index in [2.05, 4.69) is 49.4 Å². The number of hydrogen-bond acceptors (Lipinski definition) is 1. The van der Waals surface area contributed by atoms with Crippen LogP contribution in [0.3, 0.4) is 0 Å². The summed E-state index contributed by atoms with van der Waals surface area (Å²) in [6.07, 6.45) is 5.92. The molecule has 112 valence electrons. The first-order chi connectivity index (χ1) is 9.79. The molecular formula is C19H24ClN. The molecule has 1 aliphatic carbocycles. The normalized spacial score (nSPS) is 13.2. The fourth-order valence-corrected chi connectivity index (χ4v) is 3.18. The van der Waals surface area contributed by atoms with Crippen molar-refractivity contribution in [3.05, 3.63) is 59.2 Å². The van der Waals surface area contributed by atoms with Crippen LogP contribution >= 0.6 is 12.4 Å². The van der Waals surface area contributed by atoms with E-state index in [-0.39, 0.29) is 18.4 Å². The molecule has 0 spiro atoms. The standard InChI is InChI=1S/C19H23N.ClH/c1-2-3-4-9-19(20)15-10-11-18-16(13-15)12-14-7-5-6-8-17(14)18;/h5-8,10-11,13,19H,2-4,9,12,20H2,1H3;1H/t19-;/m1./s1. The molecule has 3 rings (SSSR count). The molecule has 2 heteroatoms. The van der Waals surface area contributed by atoms with E-state index in [4.69, 9.17) is 5.73 Å². The maximum atomic E-state index is 6.33. The number of unbranched alkanes of at least 4 members (excludes halogenated alkanes) is 2. The molecule has 0 saturated heterocycles. The highest BCUT2D eigenvalue weighted by Gasteiger charge is 2.18. The molecule has 2 N–H and O–H groups in total. The first-order valence-electron chi connectivity index (χ1n) is 7.76. The number of fused-ring (bicyclic) bond motifs is 3. The summed E-state index contributed by atoms with van der Waals surface area (Å²) < 4.78 is 0.